The number of nitrogens with two attached hydrogens (primary N) is 1. The summed E-state index contributed by atoms with van der Waals surface area (Å²) in [5, 5.41) is 3.76. The van der Waals surface area contributed by atoms with Crippen LogP contribution in [0.4, 0.5) is 0 Å². The molecule has 1 heterocycles. The van der Waals surface area contributed by atoms with Gasteiger partial charge in [0.25, 0.3) is 0 Å². The van der Waals surface area contributed by atoms with E-state index in [-0.39, 0.29) is 0 Å². The van der Waals surface area contributed by atoms with Crippen molar-refractivity contribution >= 4 is 0 Å². The Balaban J connectivity index is 2.04. The molecule has 0 unspecified atom stereocenters. The Kier molecular flexibility index (Phi) is 2.99. The minimum atomic E-state index is 0.396. The molecule has 1 aromatic carbocycles. The van der Waals surface area contributed by atoms with Gasteiger partial charge in [0.2, 0.25) is 0 Å². The van der Waals surface area contributed by atoms with Crippen molar-refractivity contribution < 1.29 is 9.26 Å². The lowest BCUT2D eigenvalue weighted by Gasteiger charge is -2.08. The topological polar surface area (TPSA) is 61.3 Å². The van der Waals surface area contributed by atoms with Crippen molar-refractivity contribution in [2.75, 3.05) is 0 Å². The number of hydrogen-bond acceptors (Lipinski definition) is 4. The van der Waals surface area contributed by atoms with Crippen molar-refractivity contribution in [3.8, 4) is 5.75 Å². The maximum absolute atomic E-state index is 5.59. The average molecular weight is 204 g/mol. The summed E-state index contributed by atoms with van der Waals surface area (Å²) in [7, 11) is 0. The number of benzene rings is 1. The molecule has 2 N–H and O–H groups in total. The van der Waals surface area contributed by atoms with Crippen molar-refractivity contribution in [1.29, 1.82) is 0 Å². The van der Waals surface area contributed by atoms with Crippen LogP contribution >= 0.6 is 0 Å². The molecule has 0 aliphatic carbocycles. The Morgan fingerprint density at radius 2 is 2.13 bits per heavy atom. The quantitative estimate of drug-likeness (QED) is 0.823. The molecule has 0 aliphatic heterocycles. The fraction of sp³-hybridized carbons (Fsp3) is 0.182. The first-order valence-electron chi connectivity index (χ1n) is 4.70. The predicted molar refractivity (Wildman–Crippen MR) is 55.2 cm³/mol. The Morgan fingerprint density at radius 1 is 1.27 bits per heavy atom. The monoisotopic (exact) mass is 204 g/mol. The van der Waals surface area contributed by atoms with Crippen molar-refractivity contribution in [2.45, 2.75) is 13.2 Å². The third-order valence-electron chi connectivity index (χ3n) is 2.06. The van der Waals surface area contributed by atoms with E-state index in [9.17, 15) is 0 Å². The normalized spacial score (nSPS) is 10.2. The van der Waals surface area contributed by atoms with E-state index in [0.29, 0.717) is 13.2 Å². The van der Waals surface area contributed by atoms with E-state index >= 15 is 0 Å². The fourth-order valence-electron chi connectivity index (χ4n) is 1.28. The summed E-state index contributed by atoms with van der Waals surface area (Å²) < 4.78 is 10.3. The Bertz CT molecular complexity index is 412. The molecule has 4 nitrogen and oxygen atoms in total. The zero-order valence-electron chi connectivity index (χ0n) is 8.22. The van der Waals surface area contributed by atoms with Gasteiger partial charge in [-0.2, -0.15) is 0 Å². The number of ether oxygens (including phenoxy) is 1. The molecule has 2 aromatic rings. The summed E-state index contributed by atoms with van der Waals surface area (Å²) in [6.45, 7) is 0.864. The third-order valence-corrected chi connectivity index (χ3v) is 2.06. The highest BCUT2D eigenvalue weighted by molar-refractivity contribution is 5.33. The molecule has 0 bridgehead atoms. The van der Waals surface area contributed by atoms with E-state index in [2.05, 4.69) is 5.16 Å². The lowest BCUT2D eigenvalue weighted by Crippen LogP contribution is -2.02. The molecule has 0 fully saturated rings. The SMILES string of the molecule is NCc1ccccc1OCc1ccon1. The van der Waals surface area contributed by atoms with E-state index in [4.69, 9.17) is 15.0 Å². The summed E-state index contributed by atoms with van der Waals surface area (Å²) >= 11 is 0. The molecule has 4 heteroatoms. The third kappa shape index (κ3) is 2.35. The van der Waals surface area contributed by atoms with Crippen LogP contribution in [0.25, 0.3) is 0 Å². The van der Waals surface area contributed by atoms with Crippen molar-refractivity contribution in [1.82, 2.24) is 5.16 Å². The van der Waals surface area contributed by atoms with Gasteiger partial charge in [0.15, 0.2) is 0 Å². The van der Waals surface area contributed by atoms with Gasteiger partial charge in [-0.1, -0.05) is 23.4 Å². The number of para-hydroxylation sites is 1. The van der Waals surface area contributed by atoms with E-state index in [1.165, 1.54) is 6.26 Å². The number of aromatic nitrogens is 1. The first kappa shape index (κ1) is 9.73. The molecule has 0 saturated carbocycles. The molecule has 0 amide bonds. The van der Waals surface area contributed by atoms with Gasteiger partial charge in [0, 0.05) is 18.2 Å². The van der Waals surface area contributed by atoms with Gasteiger partial charge >= 0.3 is 0 Å². The van der Waals surface area contributed by atoms with E-state index in [0.717, 1.165) is 17.0 Å². The number of rotatable bonds is 4. The maximum atomic E-state index is 5.59. The zero-order chi connectivity index (χ0) is 10.5. The van der Waals surface area contributed by atoms with Gasteiger partial charge in [-0.15, -0.1) is 0 Å². The molecule has 0 spiro atoms. The average Bonchev–Trinajstić information content (AvgIpc) is 2.79. The number of nitrogens with zero attached hydrogens (tertiary/aromatic N) is 1. The number of hydrogen-bond donors (Lipinski definition) is 1. The molecule has 0 radical (unpaired) electrons. The van der Waals surface area contributed by atoms with Crippen molar-refractivity contribution in [2.24, 2.45) is 5.73 Å². The van der Waals surface area contributed by atoms with Crippen LogP contribution in [0.2, 0.25) is 0 Å². The smallest absolute Gasteiger partial charge is 0.134 e. The first-order valence-corrected chi connectivity index (χ1v) is 4.70. The van der Waals surface area contributed by atoms with Crippen molar-refractivity contribution in [3.63, 3.8) is 0 Å². The van der Waals surface area contributed by atoms with E-state index in [1.807, 2.05) is 24.3 Å². The Morgan fingerprint density at radius 3 is 2.87 bits per heavy atom. The molecule has 15 heavy (non-hydrogen) atoms. The minimum Gasteiger partial charge on any atom is -0.487 e. The second-order valence-electron chi connectivity index (χ2n) is 3.09. The molecular weight excluding hydrogens is 192 g/mol. The van der Waals surface area contributed by atoms with Gasteiger partial charge in [0.1, 0.15) is 24.3 Å². The lowest BCUT2D eigenvalue weighted by molar-refractivity contribution is 0.286. The van der Waals surface area contributed by atoms with Crippen LogP contribution in [0.5, 0.6) is 5.75 Å². The summed E-state index contributed by atoms with van der Waals surface area (Å²) in [5.41, 5.74) is 7.34. The van der Waals surface area contributed by atoms with Gasteiger partial charge in [-0.3, -0.25) is 0 Å². The highest BCUT2D eigenvalue weighted by Crippen LogP contribution is 2.18. The highest BCUT2D eigenvalue weighted by atomic mass is 16.5. The molecule has 1 aromatic heterocycles. The van der Waals surface area contributed by atoms with Crippen molar-refractivity contribution in [3.05, 3.63) is 47.9 Å². The molecule has 0 aliphatic rings. The highest BCUT2D eigenvalue weighted by Gasteiger charge is 2.02. The van der Waals surface area contributed by atoms with Gasteiger partial charge < -0.3 is 15.0 Å². The second kappa shape index (κ2) is 4.61. The van der Waals surface area contributed by atoms with E-state index in [1.54, 1.807) is 6.07 Å². The maximum Gasteiger partial charge on any atom is 0.134 e. The first-order chi connectivity index (χ1) is 7.40. The van der Waals surface area contributed by atoms with Crippen LogP contribution in [-0.2, 0) is 13.2 Å². The van der Waals surface area contributed by atoms with Gasteiger partial charge in [-0.05, 0) is 6.07 Å². The van der Waals surface area contributed by atoms with Crippen LogP contribution in [0.1, 0.15) is 11.3 Å². The van der Waals surface area contributed by atoms with E-state index < -0.39 is 0 Å². The molecular formula is C11H12N2O2. The summed E-state index contributed by atoms with van der Waals surface area (Å²) in [6.07, 6.45) is 1.52. The van der Waals surface area contributed by atoms with Gasteiger partial charge in [0.05, 0.1) is 0 Å². The minimum absolute atomic E-state index is 0.396. The predicted octanol–water partition coefficient (Wildman–Crippen LogP) is 1.71. The second-order valence-corrected chi connectivity index (χ2v) is 3.09. The lowest BCUT2D eigenvalue weighted by atomic mass is 10.2. The summed E-state index contributed by atoms with van der Waals surface area (Å²) in [5.74, 6) is 0.794. The molecule has 0 atom stereocenters. The zero-order valence-corrected chi connectivity index (χ0v) is 8.22. The van der Waals surface area contributed by atoms with Crippen LogP contribution in [0.15, 0.2) is 41.1 Å². The van der Waals surface area contributed by atoms with Gasteiger partial charge in [-0.25, -0.2) is 0 Å². The standard InChI is InChI=1S/C11H12N2O2/c12-7-9-3-1-2-4-11(9)14-8-10-5-6-15-13-10/h1-6H,7-8,12H2. The van der Waals surface area contributed by atoms with Crippen LogP contribution in [-0.4, -0.2) is 5.16 Å². The van der Waals surface area contributed by atoms with Crippen LogP contribution in [0, 0.1) is 0 Å². The fourth-order valence-corrected chi connectivity index (χ4v) is 1.28. The Hall–Kier alpha value is -1.81. The largest absolute Gasteiger partial charge is 0.487 e. The Labute approximate surface area is 87.6 Å². The van der Waals surface area contributed by atoms with Crippen LogP contribution in [0.3, 0.4) is 0 Å². The molecule has 2 rings (SSSR count). The summed E-state index contributed by atoms with van der Waals surface area (Å²) in [6, 6.07) is 9.45. The molecule has 78 valence electrons. The summed E-state index contributed by atoms with van der Waals surface area (Å²) in [4.78, 5) is 0. The molecule has 0 saturated heterocycles. The van der Waals surface area contributed by atoms with Crippen LogP contribution < -0.4 is 10.5 Å².